The summed E-state index contributed by atoms with van der Waals surface area (Å²) < 4.78 is 20.0. The maximum absolute atomic E-state index is 13.4. The molecule has 1 unspecified atom stereocenters. The Morgan fingerprint density at radius 3 is 2.95 bits per heavy atom. The van der Waals surface area contributed by atoms with E-state index in [1.165, 1.54) is 23.3 Å². The normalized spacial score (nSPS) is 16.8. The first-order valence-electron chi connectivity index (χ1n) is 7.04. The Balaban J connectivity index is 1.79. The van der Waals surface area contributed by atoms with Gasteiger partial charge in [0.1, 0.15) is 18.2 Å². The lowest BCUT2D eigenvalue weighted by molar-refractivity contribution is 0.302. The lowest BCUT2D eigenvalue weighted by Crippen LogP contribution is -2.12. The molecular formula is C17H17BrFNO. The van der Waals surface area contributed by atoms with Crippen LogP contribution in [0.1, 0.15) is 29.2 Å². The summed E-state index contributed by atoms with van der Waals surface area (Å²) >= 11 is 3.30. The van der Waals surface area contributed by atoms with E-state index in [1.807, 2.05) is 25.2 Å². The molecular weight excluding hydrogens is 333 g/mol. The molecule has 4 heteroatoms. The van der Waals surface area contributed by atoms with Crippen molar-refractivity contribution in [2.45, 2.75) is 25.5 Å². The summed E-state index contributed by atoms with van der Waals surface area (Å²) in [6.45, 7) is 0.372. The van der Waals surface area contributed by atoms with Crippen LogP contribution in [0.2, 0.25) is 0 Å². The zero-order valence-corrected chi connectivity index (χ0v) is 13.4. The Morgan fingerprint density at radius 1 is 1.33 bits per heavy atom. The molecule has 0 saturated carbocycles. The standard InChI is InChI=1S/C17H17BrFNO/c1-20-16-6-5-15-14(16)3-2-4-17(15)21-10-11-7-12(18)9-13(19)8-11/h2-4,7-9,16,20H,5-6,10H2,1H3. The van der Waals surface area contributed by atoms with Crippen LogP contribution in [-0.4, -0.2) is 7.05 Å². The van der Waals surface area contributed by atoms with Crippen LogP contribution in [0.5, 0.6) is 5.75 Å². The van der Waals surface area contributed by atoms with Crippen molar-refractivity contribution in [3.8, 4) is 5.75 Å². The van der Waals surface area contributed by atoms with Crippen molar-refractivity contribution in [2.24, 2.45) is 0 Å². The predicted octanol–water partition coefficient (Wildman–Crippen LogP) is 4.37. The molecule has 2 aromatic rings. The summed E-state index contributed by atoms with van der Waals surface area (Å²) in [5, 5.41) is 3.32. The van der Waals surface area contributed by atoms with Gasteiger partial charge < -0.3 is 10.1 Å². The fraction of sp³-hybridized carbons (Fsp3) is 0.294. The first-order chi connectivity index (χ1) is 10.2. The second-order valence-electron chi connectivity index (χ2n) is 5.27. The average Bonchev–Trinajstić information content (AvgIpc) is 2.87. The van der Waals surface area contributed by atoms with Gasteiger partial charge in [0.25, 0.3) is 0 Å². The third-order valence-corrected chi connectivity index (χ3v) is 4.35. The van der Waals surface area contributed by atoms with Crippen molar-refractivity contribution < 1.29 is 9.13 Å². The van der Waals surface area contributed by atoms with Gasteiger partial charge in [-0.15, -0.1) is 0 Å². The van der Waals surface area contributed by atoms with Crippen molar-refractivity contribution in [3.63, 3.8) is 0 Å². The predicted molar refractivity (Wildman–Crippen MR) is 85.0 cm³/mol. The van der Waals surface area contributed by atoms with Gasteiger partial charge in [-0.2, -0.15) is 0 Å². The second-order valence-corrected chi connectivity index (χ2v) is 6.19. The van der Waals surface area contributed by atoms with Crippen LogP contribution in [0.15, 0.2) is 40.9 Å². The van der Waals surface area contributed by atoms with E-state index in [-0.39, 0.29) is 5.82 Å². The molecule has 0 bridgehead atoms. The molecule has 110 valence electrons. The second kappa shape index (κ2) is 6.16. The molecule has 1 aliphatic rings. The highest BCUT2D eigenvalue weighted by atomic mass is 79.9. The van der Waals surface area contributed by atoms with E-state index < -0.39 is 0 Å². The van der Waals surface area contributed by atoms with E-state index in [0.29, 0.717) is 12.6 Å². The van der Waals surface area contributed by atoms with Gasteiger partial charge in [-0.1, -0.05) is 28.1 Å². The molecule has 1 aliphatic carbocycles. The monoisotopic (exact) mass is 349 g/mol. The van der Waals surface area contributed by atoms with Gasteiger partial charge in [-0.3, -0.25) is 0 Å². The minimum Gasteiger partial charge on any atom is -0.489 e. The molecule has 0 amide bonds. The van der Waals surface area contributed by atoms with E-state index in [1.54, 1.807) is 0 Å². The van der Waals surface area contributed by atoms with Crippen molar-refractivity contribution in [3.05, 3.63) is 63.4 Å². The Kier molecular flexibility index (Phi) is 4.27. The molecule has 1 atom stereocenters. The van der Waals surface area contributed by atoms with Crippen molar-refractivity contribution in [1.82, 2.24) is 5.32 Å². The fourth-order valence-electron chi connectivity index (χ4n) is 2.91. The fourth-order valence-corrected chi connectivity index (χ4v) is 3.42. The highest BCUT2D eigenvalue weighted by molar-refractivity contribution is 9.10. The molecule has 0 radical (unpaired) electrons. The van der Waals surface area contributed by atoms with Gasteiger partial charge in [0, 0.05) is 10.5 Å². The number of rotatable bonds is 4. The lowest BCUT2D eigenvalue weighted by Gasteiger charge is -2.13. The Morgan fingerprint density at radius 2 is 2.19 bits per heavy atom. The third-order valence-electron chi connectivity index (χ3n) is 3.89. The number of halogens is 2. The first kappa shape index (κ1) is 14.5. The SMILES string of the molecule is CNC1CCc2c(OCc3cc(F)cc(Br)c3)cccc21. The Labute approximate surface area is 132 Å². The van der Waals surface area contributed by atoms with Gasteiger partial charge in [0.2, 0.25) is 0 Å². The van der Waals surface area contributed by atoms with Crippen LogP contribution in [0.4, 0.5) is 4.39 Å². The highest BCUT2D eigenvalue weighted by Gasteiger charge is 2.23. The zero-order chi connectivity index (χ0) is 14.8. The maximum Gasteiger partial charge on any atom is 0.124 e. The molecule has 0 aliphatic heterocycles. The van der Waals surface area contributed by atoms with E-state index in [0.717, 1.165) is 28.6 Å². The molecule has 0 fully saturated rings. The summed E-state index contributed by atoms with van der Waals surface area (Å²) in [7, 11) is 1.98. The van der Waals surface area contributed by atoms with Crippen molar-refractivity contribution >= 4 is 15.9 Å². The minimum absolute atomic E-state index is 0.253. The number of fused-ring (bicyclic) bond motifs is 1. The van der Waals surface area contributed by atoms with Gasteiger partial charge in [0.05, 0.1) is 0 Å². The van der Waals surface area contributed by atoms with Crippen molar-refractivity contribution in [1.29, 1.82) is 0 Å². The van der Waals surface area contributed by atoms with Crippen molar-refractivity contribution in [2.75, 3.05) is 7.05 Å². The molecule has 0 saturated heterocycles. The molecule has 21 heavy (non-hydrogen) atoms. The molecule has 0 spiro atoms. The Hall–Kier alpha value is -1.39. The number of benzene rings is 2. The summed E-state index contributed by atoms with van der Waals surface area (Å²) in [5.41, 5.74) is 3.41. The van der Waals surface area contributed by atoms with Crippen LogP contribution in [0, 0.1) is 5.82 Å². The first-order valence-corrected chi connectivity index (χ1v) is 7.83. The third kappa shape index (κ3) is 3.11. The molecule has 1 N–H and O–H groups in total. The quantitative estimate of drug-likeness (QED) is 0.884. The average molecular weight is 350 g/mol. The highest BCUT2D eigenvalue weighted by Crippen LogP contribution is 2.36. The van der Waals surface area contributed by atoms with Crippen LogP contribution < -0.4 is 10.1 Å². The largest absolute Gasteiger partial charge is 0.489 e. The summed E-state index contributed by atoms with van der Waals surface area (Å²) in [4.78, 5) is 0. The van der Waals surface area contributed by atoms with Gasteiger partial charge in [0.15, 0.2) is 0 Å². The number of nitrogens with one attached hydrogen (secondary N) is 1. The minimum atomic E-state index is -0.253. The molecule has 0 aromatic heterocycles. The van der Waals surface area contributed by atoms with E-state index >= 15 is 0 Å². The number of ether oxygens (including phenoxy) is 1. The summed E-state index contributed by atoms with van der Waals surface area (Å²) in [5.74, 6) is 0.655. The molecule has 0 heterocycles. The smallest absolute Gasteiger partial charge is 0.124 e. The van der Waals surface area contributed by atoms with Crippen LogP contribution in [0.25, 0.3) is 0 Å². The summed E-state index contributed by atoms with van der Waals surface area (Å²) in [6.07, 6.45) is 2.11. The van der Waals surface area contributed by atoms with E-state index in [4.69, 9.17) is 4.74 Å². The Bertz CT molecular complexity index is 639. The van der Waals surface area contributed by atoms with Gasteiger partial charge in [-0.05, 0) is 60.8 Å². The maximum atomic E-state index is 13.4. The lowest BCUT2D eigenvalue weighted by atomic mass is 10.1. The van der Waals surface area contributed by atoms with Crippen LogP contribution in [0.3, 0.4) is 0 Å². The van der Waals surface area contributed by atoms with Gasteiger partial charge in [-0.25, -0.2) is 4.39 Å². The molecule has 2 aromatic carbocycles. The van der Waals surface area contributed by atoms with E-state index in [9.17, 15) is 4.39 Å². The molecule has 2 nitrogen and oxygen atoms in total. The number of hydrogen-bond acceptors (Lipinski definition) is 2. The van der Waals surface area contributed by atoms with Crippen LogP contribution >= 0.6 is 15.9 Å². The summed E-state index contributed by atoms with van der Waals surface area (Å²) in [6, 6.07) is 11.4. The van der Waals surface area contributed by atoms with Crippen LogP contribution in [-0.2, 0) is 13.0 Å². The van der Waals surface area contributed by atoms with E-state index in [2.05, 4.69) is 27.3 Å². The zero-order valence-electron chi connectivity index (χ0n) is 11.8. The molecule has 3 rings (SSSR count). The topological polar surface area (TPSA) is 21.3 Å². The number of hydrogen-bond donors (Lipinski definition) is 1. The van der Waals surface area contributed by atoms with Gasteiger partial charge >= 0.3 is 0 Å².